The van der Waals surface area contributed by atoms with Crippen molar-refractivity contribution in [1.29, 1.82) is 0 Å². The third-order valence-electron chi connectivity index (χ3n) is 5.34. The maximum Gasteiger partial charge on any atom is 0.343 e. The zero-order valence-electron chi connectivity index (χ0n) is 14.6. The summed E-state index contributed by atoms with van der Waals surface area (Å²) in [5.74, 6) is -3.82. The second-order valence-electron chi connectivity index (χ2n) is 7.50. The number of hydrogen-bond acceptors (Lipinski definition) is 5. The van der Waals surface area contributed by atoms with E-state index in [1.807, 2.05) is 0 Å². The molecule has 1 aliphatic carbocycles. The summed E-state index contributed by atoms with van der Waals surface area (Å²) in [5, 5.41) is 25.2. The average molecular weight is 369 g/mol. The molecule has 7 heteroatoms. The third kappa shape index (κ3) is 4.22. The maximum absolute atomic E-state index is 13.4. The molecule has 26 heavy (non-hydrogen) atoms. The molecule has 0 amide bonds. The van der Waals surface area contributed by atoms with Crippen LogP contribution in [0.4, 0.5) is 8.78 Å². The molecular weight excluding hydrogens is 344 g/mol. The van der Waals surface area contributed by atoms with Gasteiger partial charge in [-0.2, -0.15) is 0 Å². The molecule has 1 heterocycles. The van der Waals surface area contributed by atoms with Crippen LogP contribution in [0.1, 0.15) is 44.1 Å². The first kappa shape index (κ1) is 19.2. The summed E-state index contributed by atoms with van der Waals surface area (Å²) in [4.78, 5) is 12.8. The number of halogens is 2. The lowest BCUT2D eigenvalue weighted by atomic mass is 9.77. The molecule has 1 aromatic carbocycles. The molecule has 2 fully saturated rings. The van der Waals surface area contributed by atoms with Gasteiger partial charge in [0.05, 0.1) is 5.60 Å². The molecule has 0 spiro atoms. The lowest BCUT2D eigenvalue weighted by molar-refractivity contribution is -0.182. The van der Waals surface area contributed by atoms with Crippen LogP contribution in [0.25, 0.3) is 0 Å². The van der Waals surface area contributed by atoms with Gasteiger partial charge < -0.3 is 20.3 Å². The molecule has 1 saturated carbocycles. The van der Waals surface area contributed by atoms with Gasteiger partial charge in [-0.3, -0.25) is 0 Å². The van der Waals surface area contributed by atoms with E-state index in [9.17, 15) is 23.8 Å². The topological polar surface area (TPSA) is 78.8 Å². The second kappa shape index (κ2) is 7.21. The van der Waals surface area contributed by atoms with Crippen molar-refractivity contribution < 1.29 is 28.5 Å². The summed E-state index contributed by atoms with van der Waals surface area (Å²) in [6.07, 6.45) is -1.17. The van der Waals surface area contributed by atoms with Crippen LogP contribution in [-0.4, -0.2) is 46.9 Å². The van der Waals surface area contributed by atoms with Crippen molar-refractivity contribution in [1.82, 2.24) is 5.32 Å². The Morgan fingerprint density at radius 3 is 2.46 bits per heavy atom. The molecule has 144 valence electrons. The Bertz CT molecular complexity index is 634. The van der Waals surface area contributed by atoms with Gasteiger partial charge in [0, 0.05) is 19.3 Å². The van der Waals surface area contributed by atoms with Crippen LogP contribution in [0.15, 0.2) is 30.3 Å². The van der Waals surface area contributed by atoms with E-state index in [1.54, 1.807) is 30.3 Å². The summed E-state index contributed by atoms with van der Waals surface area (Å²) >= 11 is 0. The van der Waals surface area contributed by atoms with E-state index >= 15 is 0 Å². The number of rotatable bonds is 5. The van der Waals surface area contributed by atoms with Crippen molar-refractivity contribution in [2.45, 2.75) is 61.8 Å². The number of aliphatic hydroxyl groups is 2. The number of ether oxygens (including phenoxy) is 1. The summed E-state index contributed by atoms with van der Waals surface area (Å²) < 4.78 is 32.1. The van der Waals surface area contributed by atoms with Gasteiger partial charge in [-0.25, -0.2) is 13.6 Å². The minimum absolute atomic E-state index is 0.0673. The molecule has 2 aliphatic rings. The molecule has 3 N–H and O–H groups in total. The van der Waals surface area contributed by atoms with E-state index in [1.165, 1.54) is 0 Å². The fraction of sp³-hybridized carbons (Fsp3) is 0.632. The normalized spacial score (nSPS) is 26.8. The van der Waals surface area contributed by atoms with Gasteiger partial charge in [0.2, 0.25) is 0 Å². The van der Waals surface area contributed by atoms with Gasteiger partial charge in [-0.05, 0) is 37.9 Å². The molecule has 1 saturated heterocycles. The molecule has 0 bridgehead atoms. The van der Waals surface area contributed by atoms with Crippen molar-refractivity contribution in [2.24, 2.45) is 0 Å². The zero-order chi connectivity index (χ0) is 18.8. The highest BCUT2D eigenvalue weighted by molar-refractivity contribution is 5.81. The summed E-state index contributed by atoms with van der Waals surface area (Å²) in [6.45, 7) is 1.15. The summed E-state index contributed by atoms with van der Waals surface area (Å²) in [5.41, 5.74) is -3.01. The summed E-state index contributed by atoms with van der Waals surface area (Å²) in [6, 6.07) is 8.24. The molecule has 1 aliphatic heterocycles. The van der Waals surface area contributed by atoms with Gasteiger partial charge in [0.15, 0.2) is 5.60 Å². The standard InChI is InChI=1S/C19H25F2NO4/c20-18(21)7-6-15(12-18)26-16(23)19(25,14-4-2-1-3-5-14)13-17(24)8-10-22-11-9-17/h1-5,15,22,24-25H,6-13H2/t15-,19-/m1/s1. The number of hydrogen-bond donors (Lipinski definition) is 3. The SMILES string of the molecule is O=C(O[C@@H]1CCC(F)(F)C1)[C@@](O)(CC1(O)CCNCC1)c1ccccc1. The second-order valence-corrected chi connectivity index (χ2v) is 7.50. The first-order valence-electron chi connectivity index (χ1n) is 9.02. The van der Waals surface area contributed by atoms with Crippen LogP contribution in [0.2, 0.25) is 0 Å². The van der Waals surface area contributed by atoms with Crippen molar-refractivity contribution in [3.63, 3.8) is 0 Å². The molecule has 0 radical (unpaired) electrons. The van der Waals surface area contributed by atoms with E-state index in [2.05, 4.69) is 5.32 Å². The molecule has 0 aromatic heterocycles. The Hall–Kier alpha value is -1.57. The zero-order valence-corrected chi connectivity index (χ0v) is 14.6. The summed E-state index contributed by atoms with van der Waals surface area (Å²) in [7, 11) is 0. The van der Waals surface area contributed by atoms with Gasteiger partial charge in [0.25, 0.3) is 5.92 Å². The molecule has 0 unspecified atom stereocenters. The molecule has 1 aromatic rings. The minimum atomic E-state index is -2.84. The van der Waals surface area contributed by atoms with Crippen molar-refractivity contribution in [3.8, 4) is 0 Å². The Kier molecular flexibility index (Phi) is 5.33. The van der Waals surface area contributed by atoms with Crippen molar-refractivity contribution in [2.75, 3.05) is 13.1 Å². The van der Waals surface area contributed by atoms with Gasteiger partial charge in [-0.15, -0.1) is 0 Å². The number of esters is 1. The van der Waals surface area contributed by atoms with Crippen molar-refractivity contribution >= 4 is 5.97 Å². The predicted octanol–water partition coefficient (Wildman–Crippen LogP) is 2.11. The number of piperidine rings is 1. The van der Waals surface area contributed by atoms with Crippen LogP contribution >= 0.6 is 0 Å². The van der Waals surface area contributed by atoms with Gasteiger partial charge in [0.1, 0.15) is 6.10 Å². The largest absolute Gasteiger partial charge is 0.460 e. The Labute approximate surface area is 151 Å². The highest BCUT2D eigenvalue weighted by Crippen LogP contribution is 2.40. The number of alkyl halides is 2. The van der Waals surface area contributed by atoms with Gasteiger partial charge in [-0.1, -0.05) is 30.3 Å². The number of carbonyl (C=O) groups excluding carboxylic acids is 1. The van der Waals surface area contributed by atoms with Crippen molar-refractivity contribution in [3.05, 3.63) is 35.9 Å². The molecule has 3 rings (SSSR count). The van der Waals surface area contributed by atoms with Crippen LogP contribution in [0, 0.1) is 0 Å². The lowest BCUT2D eigenvalue weighted by Gasteiger charge is -2.39. The average Bonchev–Trinajstić information content (AvgIpc) is 2.94. The highest BCUT2D eigenvalue weighted by Gasteiger charge is 2.49. The van der Waals surface area contributed by atoms with E-state index in [4.69, 9.17) is 4.74 Å². The quantitative estimate of drug-likeness (QED) is 0.693. The first-order chi connectivity index (χ1) is 12.2. The van der Waals surface area contributed by atoms with E-state index < -0.39 is 35.6 Å². The number of benzene rings is 1. The predicted molar refractivity (Wildman–Crippen MR) is 90.7 cm³/mol. The maximum atomic E-state index is 13.4. The van der Waals surface area contributed by atoms with Crippen LogP contribution in [0.3, 0.4) is 0 Å². The van der Waals surface area contributed by atoms with E-state index in [0.29, 0.717) is 31.5 Å². The monoisotopic (exact) mass is 369 g/mol. The third-order valence-corrected chi connectivity index (χ3v) is 5.34. The van der Waals surface area contributed by atoms with Gasteiger partial charge >= 0.3 is 5.97 Å². The Balaban J connectivity index is 1.82. The number of carbonyl (C=O) groups is 1. The molecule has 2 atom stereocenters. The lowest BCUT2D eigenvalue weighted by Crippen LogP contribution is -2.50. The van der Waals surface area contributed by atoms with E-state index in [-0.39, 0.29) is 19.3 Å². The Morgan fingerprint density at radius 2 is 1.88 bits per heavy atom. The molecule has 5 nitrogen and oxygen atoms in total. The van der Waals surface area contributed by atoms with Crippen LogP contribution in [0.5, 0.6) is 0 Å². The molecular formula is C19H25F2NO4. The van der Waals surface area contributed by atoms with Crippen LogP contribution < -0.4 is 5.32 Å². The van der Waals surface area contributed by atoms with E-state index in [0.717, 1.165) is 0 Å². The fourth-order valence-corrected chi connectivity index (χ4v) is 3.81. The fourth-order valence-electron chi connectivity index (χ4n) is 3.81. The van der Waals surface area contributed by atoms with Crippen LogP contribution in [-0.2, 0) is 15.1 Å². The number of nitrogens with one attached hydrogen (secondary N) is 1. The Morgan fingerprint density at radius 1 is 1.23 bits per heavy atom. The first-order valence-corrected chi connectivity index (χ1v) is 9.02. The smallest absolute Gasteiger partial charge is 0.343 e. The highest BCUT2D eigenvalue weighted by atomic mass is 19.3. The minimum Gasteiger partial charge on any atom is -0.460 e.